The predicted octanol–water partition coefficient (Wildman–Crippen LogP) is 2.12. The molecule has 5 heteroatoms. The van der Waals surface area contributed by atoms with E-state index in [1.807, 2.05) is 6.07 Å². The Morgan fingerprint density at radius 2 is 1.96 bits per heavy atom. The number of likely N-dealkylation sites (N-methyl/N-ethyl adjacent to an activating group) is 1. The highest BCUT2D eigenvalue weighted by molar-refractivity contribution is 5.78. The molecule has 1 aliphatic heterocycles. The van der Waals surface area contributed by atoms with Crippen LogP contribution < -0.4 is 5.32 Å². The predicted molar refractivity (Wildman–Crippen MR) is 97.1 cm³/mol. The van der Waals surface area contributed by atoms with Gasteiger partial charge in [-0.2, -0.15) is 0 Å². The van der Waals surface area contributed by atoms with Gasteiger partial charge in [-0.3, -0.25) is 9.69 Å². The third kappa shape index (κ3) is 4.60. The second kappa shape index (κ2) is 8.79. The molecule has 1 aromatic rings. The Hall–Kier alpha value is -1.43. The van der Waals surface area contributed by atoms with Gasteiger partial charge in [0.1, 0.15) is 0 Å². The average molecular weight is 346 g/mol. The minimum atomic E-state index is -0.230. The van der Waals surface area contributed by atoms with Gasteiger partial charge in [-0.25, -0.2) is 0 Å². The molecular formula is C20H30N2O3. The Kier molecular flexibility index (Phi) is 6.45. The summed E-state index contributed by atoms with van der Waals surface area (Å²) in [6.07, 6.45) is 2.76. The van der Waals surface area contributed by atoms with Crippen LogP contribution in [0.5, 0.6) is 0 Å². The van der Waals surface area contributed by atoms with E-state index in [9.17, 15) is 9.90 Å². The van der Waals surface area contributed by atoms with E-state index in [0.29, 0.717) is 13.2 Å². The van der Waals surface area contributed by atoms with Gasteiger partial charge in [0.05, 0.1) is 24.9 Å². The lowest BCUT2D eigenvalue weighted by Gasteiger charge is -2.41. The summed E-state index contributed by atoms with van der Waals surface area (Å²) in [5, 5.41) is 12.7. The van der Waals surface area contributed by atoms with E-state index < -0.39 is 0 Å². The lowest BCUT2D eigenvalue weighted by molar-refractivity contribution is -0.128. The molecule has 25 heavy (non-hydrogen) atoms. The number of amides is 1. The van der Waals surface area contributed by atoms with Crippen LogP contribution >= 0.6 is 0 Å². The molecule has 138 valence electrons. The van der Waals surface area contributed by atoms with Crippen molar-refractivity contribution in [1.29, 1.82) is 0 Å². The maximum Gasteiger partial charge on any atom is 0.223 e. The molecule has 5 nitrogen and oxygen atoms in total. The third-order valence-corrected chi connectivity index (χ3v) is 5.55. The Balaban J connectivity index is 1.62. The van der Waals surface area contributed by atoms with Crippen molar-refractivity contribution in [2.24, 2.45) is 5.92 Å². The largest absolute Gasteiger partial charge is 0.393 e. The average Bonchev–Trinajstić information content (AvgIpc) is 2.67. The maximum atomic E-state index is 12.5. The van der Waals surface area contributed by atoms with Crippen molar-refractivity contribution < 1.29 is 14.6 Å². The summed E-state index contributed by atoms with van der Waals surface area (Å²) < 4.78 is 6.04. The number of carbonyl (C=O) groups excluding carboxylic acids is 1. The maximum absolute atomic E-state index is 12.5. The number of hydrogen-bond donors (Lipinski definition) is 2. The number of hydrogen-bond acceptors (Lipinski definition) is 4. The second-order valence-corrected chi connectivity index (χ2v) is 7.14. The monoisotopic (exact) mass is 346 g/mol. The molecule has 1 amide bonds. The minimum Gasteiger partial charge on any atom is -0.393 e. The van der Waals surface area contributed by atoms with Crippen LogP contribution in [0.15, 0.2) is 30.3 Å². The van der Waals surface area contributed by atoms with Crippen LogP contribution in [0.25, 0.3) is 0 Å². The van der Waals surface area contributed by atoms with E-state index in [2.05, 4.69) is 41.4 Å². The molecule has 1 saturated carbocycles. The van der Waals surface area contributed by atoms with Crippen LogP contribution in [0.1, 0.15) is 44.2 Å². The Morgan fingerprint density at radius 3 is 2.64 bits per heavy atom. The highest BCUT2D eigenvalue weighted by Gasteiger charge is 2.33. The first-order valence-corrected chi connectivity index (χ1v) is 9.55. The molecule has 0 bridgehead atoms. The highest BCUT2D eigenvalue weighted by Crippen LogP contribution is 2.29. The van der Waals surface area contributed by atoms with Crippen LogP contribution in [-0.2, 0) is 9.53 Å². The van der Waals surface area contributed by atoms with Gasteiger partial charge in [-0.15, -0.1) is 0 Å². The van der Waals surface area contributed by atoms with Crippen molar-refractivity contribution in [3.63, 3.8) is 0 Å². The molecule has 0 aromatic heterocycles. The first kappa shape index (κ1) is 18.4. The van der Waals surface area contributed by atoms with Gasteiger partial charge >= 0.3 is 0 Å². The summed E-state index contributed by atoms with van der Waals surface area (Å²) in [7, 11) is 0. The van der Waals surface area contributed by atoms with Gasteiger partial charge in [0.15, 0.2) is 0 Å². The standard InChI is InChI=1S/C20H30N2O3/c1-2-22-12-13-25-18(19(22)15-6-4-3-5-7-15)14-21-20(24)16-8-10-17(23)11-9-16/h3-7,16-19,23H,2,8-14H2,1H3,(H,21,24)/t16?,17?,18-,19-/m0/s1. The van der Waals surface area contributed by atoms with Gasteiger partial charge in [-0.1, -0.05) is 37.3 Å². The zero-order chi connectivity index (χ0) is 17.6. The molecule has 2 atom stereocenters. The van der Waals surface area contributed by atoms with Crippen molar-refractivity contribution in [1.82, 2.24) is 10.2 Å². The molecule has 2 fully saturated rings. The van der Waals surface area contributed by atoms with Crippen LogP contribution in [0.3, 0.4) is 0 Å². The molecule has 1 aliphatic carbocycles. The van der Waals surface area contributed by atoms with Crippen molar-refractivity contribution in [3.8, 4) is 0 Å². The van der Waals surface area contributed by atoms with E-state index in [1.54, 1.807) is 0 Å². The van der Waals surface area contributed by atoms with E-state index in [4.69, 9.17) is 4.74 Å². The number of ether oxygens (including phenoxy) is 1. The van der Waals surface area contributed by atoms with Crippen LogP contribution in [0, 0.1) is 5.92 Å². The number of carbonyl (C=O) groups is 1. The molecule has 1 heterocycles. The third-order valence-electron chi connectivity index (χ3n) is 5.55. The van der Waals surface area contributed by atoms with Crippen molar-refractivity contribution in [2.45, 2.75) is 50.9 Å². The van der Waals surface area contributed by atoms with E-state index >= 15 is 0 Å². The SMILES string of the molecule is CCN1CCO[C@@H](CNC(=O)C2CCC(O)CC2)[C@@H]1c1ccccc1. The summed E-state index contributed by atoms with van der Waals surface area (Å²) in [6.45, 7) is 5.29. The molecule has 1 saturated heterocycles. The highest BCUT2D eigenvalue weighted by atomic mass is 16.5. The molecule has 0 spiro atoms. The van der Waals surface area contributed by atoms with Crippen LogP contribution in [-0.4, -0.2) is 54.4 Å². The first-order valence-electron chi connectivity index (χ1n) is 9.55. The van der Waals surface area contributed by atoms with Crippen LogP contribution in [0.2, 0.25) is 0 Å². The Labute approximate surface area is 150 Å². The van der Waals surface area contributed by atoms with Gasteiger partial charge < -0.3 is 15.2 Å². The first-order chi connectivity index (χ1) is 12.2. The van der Waals surface area contributed by atoms with Crippen molar-refractivity contribution in [2.75, 3.05) is 26.2 Å². The van der Waals surface area contributed by atoms with E-state index in [-0.39, 0.29) is 30.1 Å². The summed E-state index contributed by atoms with van der Waals surface area (Å²) in [4.78, 5) is 14.9. The molecule has 3 rings (SSSR count). The lowest BCUT2D eigenvalue weighted by Crippen LogP contribution is -2.50. The number of nitrogens with zero attached hydrogens (tertiary/aromatic N) is 1. The Morgan fingerprint density at radius 1 is 1.24 bits per heavy atom. The number of morpholine rings is 1. The lowest BCUT2D eigenvalue weighted by atomic mass is 9.87. The fourth-order valence-corrected chi connectivity index (χ4v) is 4.07. The second-order valence-electron chi connectivity index (χ2n) is 7.14. The van der Waals surface area contributed by atoms with Crippen molar-refractivity contribution in [3.05, 3.63) is 35.9 Å². The summed E-state index contributed by atoms with van der Waals surface area (Å²) in [5.41, 5.74) is 1.24. The van der Waals surface area contributed by atoms with Crippen molar-refractivity contribution >= 4 is 5.91 Å². The molecule has 0 unspecified atom stereocenters. The summed E-state index contributed by atoms with van der Waals surface area (Å²) in [5.74, 6) is 0.139. The molecule has 1 aromatic carbocycles. The fourth-order valence-electron chi connectivity index (χ4n) is 4.07. The zero-order valence-electron chi connectivity index (χ0n) is 15.1. The van der Waals surface area contributed by atoms with Gasteiger partial charge in [0, 0.05) is 19.0 Å². The van der Waals surface area contributed by atoms with Gasteiger partial charge in [0.25, 0.3) is 0 Å². The van der Waals surface area contributed by atoms with Gasteiger partial charge in [-0.05, 0) is 37.8 Å². The van der Waals surface area contributed by atoms with E-state index in [1.165, 1.54) is 5.56 Å². The number of aliphatic hydroxyl groups is 1. The topological polar surface area (TPSA) is 61.8 Å². The number of aliphatic hydroxyl groups excluding tert-OH is 1. The Bertz CT molecular complexity index is 543. The number of rotatable bonds is 5. The zero-order valence-corrected chi connectivity index (χ0v) is 15.1. The molecular weight excluding hydrogens is 316 g/mol. The summed E-state index contributed by atoms with van der Waals surface area (Å²) in [6, 6.07) is 10.6. The fraction of sp³-hybridized carbons (Fsp3) is 0.650. The molecule has 2 aliphatic rings. The number of benzene rings is 1. The van der Waals surface area contributed by atoms with Gasteiger partial charge in [0.2, 0.25) is 5.91 Å². The molecule has 0 radical (unpaired) electrons. The molecule has 2 N–H and O–H groups in total. The minimum absolute atomic E-state index is 0.0319. The van der Waals surface area contributed by atoms with Crippen LogP contribution in [0.4, 0.5) is 0 Å². The summed E-state index contributed by atoms with van der Waals surface area (Å²) >= 11 is 0. The van der Waals surface area contributed by atoms with E-state index in [0.717, 1.165) is 38.8 Å². The smallest absolute Gasteiger partial charge is 0.223 e. The normalized spacial score (nSPS) is 30.8. The number of nitrogens with one attached hydrogen (secondary N) is 1. The quantitative estimate of drug-likeness (QED) is 0.857.